The molecule has 0 aromatic heterocycles. The molecule has 0 heterocycles. The van der Waals surface area contributed by atoms with Crippen LogP contribution in [0.25, 0.3) is 0 Å². The van der Waals surface area contributed by atoms with Gasteiger partial charge in [0.15, 0.2) is 0 Å². The van der Waals surface area contributed by atoms with Crippen LogP contribution >= 0.6 is 34.8 Å². The van der Waals surface area contributed by atoms with Gasteiger partial charge in [-0.25, -0.2) is 0 Å². The summed E-state index contributed by atoms with van der Waals surface area (Å²) in [5.74, 6) is 0.672. The number of anilines is 1. The van der Waals surface area contributed by atoms with Crippen LogP contribution in [0.2, 0.25) is 15.1 Å². The molecule has 4 heteroatoms. The Kier molecular flexibility index (Phi) is 4.61. The van der Waals surface area contributed by atoms with Gasteiger partial charge in [0.25, 0.3) is 0 Å². The minimum absolute atomic E-state index is 0.489. The number of hydrogen-bond acceptors (Lipinski definition) is 1. The first-order chi connectivity index (χ1) is 8.16. The maximum atomic E-state index is 6.10. The smallest absolute Gasteiger partial charge is 0.0653 e. The van der Waals surface area contributed by atoms with Gasteiger partial charge < -0.3 is 5.32 Å². The van der Waals surface area contributed by atoms with E-state index in [0.717, 1.165) is 18.7 Å². The highest BCUT2D eigenvalue weighted by atomic mass is 35.5. The lowest BCUT2D eigenvalue weighted by molar-refractivity contribution is 0.504. The van der Waals surface area contributed by atoms with E-state index in [4.69, 9.17) is 34.8 Å². The monoisotopic (exact) mass is 289 g/mol. The highest BCUT2D eigenvalue weighted by Crippen LogP contribution is 2.32. The fourth-order valence-corrected chi connectivity index (χ4v) is 2.57. The van der Waals surface area contributed by atoms with Crippen LogP contribution in [-0.2, 0) is 0 Å². The van der Waals surface area contributed by atoms with Crippen LogP contribution in [0.5, 0.6) is 0 Å². The number of rotatable bonds is 3. The van der Waals surface area contributed by atoms with Gasteiger partial charge in [-0.1, -0.05) is 47.0 Å². The molecule has 0 saturated heterocycles. The lowest BCUT2D eigenvalue weighted by atomic mass is 9.94. The van der Waals surface area contributed by atoms with E-state index in [1.807, 2.05) is 0 Å². The van der Waals surface area contributed by atoms with E-state index >= 15 is 0 Å². The number of hydrogen-bond donors (Lipinski definition) is 1. The molecular formula is C13H14Cl3N. The summed E-state index contributed by atoms with van der Waals surface area (Å²) in [5, 5.41) is 4.98. The van der Waals surface area contributed by atoms with Gasteiger partial charge in [0.1, 0.15) is 0 Å². The molecule has 0 fully saturated rings. The van der Waals surface area contributed by atoms with Crippen molar-refractivity contribution in [2.24, 2.45) is 5.92 Å². The Balaban J connectivity index is 1.98. The molecule has 1 aromatic carbocycles. The molecule has 1 aliphatic carbocycles. The van der Waals surface area contributed by atoms with Gasteiger partial charge in [-0.2, -0.15) is 0 Å². The summed E-state index contributed by atoms with van der Waals surface area (Å²) >= 11 is 17.9. The van der Waals surface area contributed by atoms with Crippen LogP contribution < -0.4 is 5.32 Å². The molecule has 1 nitrogen and oxygen atoms in total. The van der Waals surface area contributed by atoms with Crippen LogP contribution in [-0.4, -0.2) is 6.54 Å². The zero-order valence-corrected chi connectivity index (χ0v) is 11.6. The summed E-state index contributed by atoms with van der Waals surface area (Å²) in [5.41, 5.74) is 0.857. The van der Waals surface area contributed by atoms with Gasteiger partial charge in [-0.15, -0.1) is 0 Å². The maximum absolute atomic E-state index is 6.10. The minimum Gasteiger partial charge on any atom is -0.384 e. The molecule has 1 N–H and O–H groups in total. The normalized spacial score (nSPS) is 19.4. The molecule has 0 spiro atoms. The van der Waals surface area contributed by atoms with Gasteiger partial charge in [-0.05, 0) is 37.3 Å². The lowest BCUT2D eigenvalue weighted by Gasteiger charge is -2.19. The van der Waals surface area contributed by atoms with Crippen LogP contribution in [0.15, 0.2) is 24.3 Å². The summed E-state index contributed by atoms with van der Waals surface area (Å²) in [7, 11) is 0. The van der Waals surface area contributed by atoms with E-state index in [1.165, 1.54) is 12.8 Å². The van der Waals surface area contributed by atoms with Crippen molar-refractivity contribution in [3.05, 3.63) is 39.4 Å². The molecular weight excluding hydrogens is 277 g/mol. The van der Waals surface area contributed by atoms with Crippen molar-refractivity contribution >= 4 is 40.5 Å². The fourth-order valence-electron chi connectivity index (χ4n) is 1.95. The second-order valence-corrected chi connectivity index (χ2v) is 5.50. The Morgan fingerprint density at radius 1 is 1.06 bits per heavy atom. The van der Waals surface area contributed by atoms with Crippen molar-refractivity contribution in [3.63, 3.8) is 0 Å². The standard InChI is InChI=1S/C13H14Cl3N/c14-10-6-12(16)13(7-11(10)15)17-8-9-4-2-1-3-5-9/h1-2,6-7,9,17H,3-5,8H2. The van der Waals surface area contributed by atoms with E-state index in [-0.39, 0.29) is 0 Å². The largest absolute Gasteiger partial charge is 0.384 e. The van der Waals surface area contributed by atoms with E-state index in [1.54, 1.807) is 12.1 Å². The SMILES string of the molecule is Clc1cc(Cl)c(NCC2CC=CCC2)cc1Cl. The third-order valence-electron chi connectivity index (χ3n) is 2.97. The van der Waals surface area contributed by atoms with E-state index in [2.05, 4.69) is 17.5 Å². The average Bonchev–Trinajstić information content (AvgIpc) is 2.33. The van der Waals surface area contributed by atoms with Crippen LogP contribution in [0.3, 0.4) is 0 Å². The third kappa shape index (κ3) is 3.54. The number of benzene rings is 1. The topological polar surface area (TPSA) is 12.0 Å². The Morgan fingerprint density at radius 2 is 1.82 bits per heavy atom. The molecule has 0 aliphatic heterocycles. The van der Waals surface area contributed by atoms with Crippen molar-refractivity contribution in [1.82, 2.24) is 0 Å². The molecule has 1 aromatic rings. The molecule has 1 unspecified atom stereocenters. The minimum atomic E-state index is 0.489. The fraction of sp³-hybridized carbons (Fsp3) is 0.385. The second kappa shape index (κ2) is 5.99. The van der Waals surface area contributed by atoms with Crippen molar-refractivity contribution in [2.45, 2.75) is 19.3 Å². The van der Waals surface area contributed by atoms with Gasteiger partial charge in [0.05, 0.1) is 20.8 Å². The predicted molar refractivity (Wildman–Crippen MR) is 76.4 cm³/mol. The Labute approximate surface area is 117 Å². The van der Waals surface area contributed by atoms with Crippen molar-refractivity contribution in [3.8, 4) is 0 Å². The number of allylic oxidation sites excluding steroid dienone is 2. The van der Waals surface area contributed by atoms with Crippen molar-refractivity contribution in [1.29, 1.82) is 0 Å². The van der Waals surface area contributed by atoms with Crippen LogP contribution in [0.1, 0.15) is 19.3 Å². The molecule has 0 radical (unpaired) electrons. The molecule has 17 heavy (non-hydrogen) atoms. The van der Waals surface area contributed by atoms with E-state index < -0.39 is 0 Å². The summed E-state index contributed by atoms with van der Waals surface area (Å²) < 4.78 is 0. The first-order valence-electron chi connectivity index (χ1n) is 5.70. The summed E-state index contributed by atoms with van der Waals surface area (Å²) in [4.78, 5) is 0. The van der Waals surface area contributed by atoms with Crippen molar-refractivity contribution < 1.29 is 0 Å². The summed E-state index contributed by atoms with van der Waals surface area (Å²) in [6.07, 6.45) is 8.00. The molecule has 0 amide bonds. The third-order valence-corrected chi connectivity index (χ3v) is 4.00. The highest BCUT2D eigenvalue weighted by Gasteiger charge is 2.11. The van der Waals surface area contributed by atoms with Crippen LogP contribution in [0, 0.1) is 5.92 Å². The molecule has 92 valence electrons. The molecule has 0 bridgehead atoms. The Morgan fingerprint density at radius 3 is 2.53 bits per heavy atom. The molecule has 1 atom stereocenters. The zero-order chi connectivity index (χ0) is 12.3. The number of nitrogens with one attached hydrogen (secondary N) is 1. The Hall–Kier alpha value is -0.370. The van der Waals surface area contributed by atoms with E-state index in [0.29, 0.717) is 21.0 Å². The van der Waals surface area contributed by atoms with Gasteiger partial charge in [0, 0.05) is 6.54 Å². The summed E-state index contributed by atoms with van der Waals surface area (Å²) in [6.45, 7) is 0.919. The highest BCUT2D eigenvalue weighted by molar-refractivity contribution is 6.44. The van der Waals surface area contributed by atoms with Gasteiger partial charge in [-0.3, -0.25) is 0 Å². The predicted octanol–water partition coefficient (Wildman–Crippen LogP) is 5.42. The zero-order valence-electron chi connectivity index (χ0n) is 9.35. The summed E-state index contributed by atoms with van der Waals surface area (Å²) in [6, 6.07) is 3.46. The van der Waals surface area contributed by atoms with Gasteiger partial charge in [0.2, 0.25) is 0 Å². The molecule has 0 saturated carbocycles. The average molecular weight is 291 g/mol. The first-order valence-corrected chi connectivity index (χ1v) is 6.83. The van der Waals surface area contributed by atoms with Crippen molar-refractivity contribution in [2.75, 3.05) is 11.9 Å². The quantitative estimate of drug-likeness (QED) is 0.579. The second-order valence-electron chi connectivity index (χ2n) is 4.28. The maximum Gasteiger partial charge on any atom is 0.0653 e. The van der Waals surface area contributed by atoms with Gasteiger partial charge >= 0.3 is 0 Å². The van der Waals surface area contributed by atoms with Crippen LogP contribution in [0.4, 0.5) is 5.69 Å². The first kappa shape index (κ1) is 13.1. The lowest BCUT2D eigenvalue weighted by Crippen LogP contribution is -2.15. The molecule has 2 rings (SSSR count). The van der Waals surface area contributed by atoms with E-state index in [9.17, 15) is 0 Å². The molecule has 1 aliphatic rings. The Bertz CT molecular complexity index is 429. The number of halogens is 3.